The predicted molar refractivity (Wildman–Crippen MR) is 92.8 cm³/mol. The van der Waals surface area contributed by atoms with E-state index < -0.39 is 5.79 Å². The maximum Gasteiger partial charge on any atom is 0.238 e. The topological polar surface area (TPSA) is 18.5 Å². The Morgan fingerprint density at radius 3 is 2.52 bits per heavy atom. The van der Waals surface area contributed by atoms with E-state index in [1.165, 1.54) is 17.7 Å². The van der Waals surface area contributed by atoms with Crippen LogP contribution in [0.2, 0.25) is 0 Å². The Morgan fingerprint density at radius 1 is 0.880 bits per heavy atom. The van der Waals surface area contributed by atoms with Crippen molar-refractivity contribution >= 4 is 0 Å². The molecule has 1 spiro atoms. The van der Waals surface area contributed by atoms with Crippen molar-refractivity contribution < 1.29 is 13.9 Å². The molecule has 0 fully saturated rings. The minimum absolute atomic E-state index is 0.0942. The molecule has 2 aliphatic rings. The molecule has 2 heterocycles. The predicted octanol–water partition coefficient (Wildman–Crippen LogP) is 5.12. The Bertz CT molecular complexity index is 935. The summed E-state index contributed by atoms with van der Waals surface area (Å²) in [6.07, 6.45) is 0.673. The van der Waals surface area contributed by atoms with Gasteiger partial charge in [-0.2, -0.15) is 0 Å². The molecule has 124 valence electrons. The van der Waals surface area contributed by atoms with E-state index in [4.69, 9.17) is 9.47 Å². The van der Waals surface area contributed by atoms with Crippen LogP contribution in [0.1, 0.15) is 34.6 Å². The summed E-state index contributed by atoms with van der Waals surface area (Å²) in [7, 11) is 0. The maximum atomic E-state index is 13.4. The van der Waals surface area contributed by atoms with Crippen LogP contribution in [0.15, 0.2) is 72.8 Å². The third kappa shape index (κ3) is 2.27. The van der Waals surface area contributed by atoms with Crippen molar-refractivity contribution in [3.8, 4) is 5.75 Å². The fourth-order valence-electron chi connectivity index (χ4n) is 3.99. The summed E-state index contributed by atoms with van der Waals surface area (Å²) in [6, 6.07) is 23.0. The monoisotopic (exact) mass is 332 g/mol. The standard InChI is InChI=1S/C22H17FO2/c23-17-11-9-15(10-12-17)19-13-22(25-21-8-4-2-6-18(19)21)20-7-3-1-5-16(20)14-24-22/h1-12,19H,13-14H2/t19-,22+/m0/s1. The number of benzene rings is 3. The van der Waals surface area contributed by atoms with E-state index in [1.54, 1.807) is 0 Å². The fraction of sp³-hybridized carbons (Fsp3) is 0.182. The van der Waals surface area contributed by atoms with Gasteiger partial charge >= 0.3 is 0 Å². The molecule has 0 radical (unpaired) electrons. The second-order valence-corrected chi connectivity index (χ2v) is 6.65. The first-order chi connectivity index (χ1) is 12.3. The van der Waals surface area contributed by atoms with Crippen molar-refractivity contribution in [2.75, 3.05) is 0 Å². The van der Waals surface area contributed by atoms with Crippen LogP contribution in [0.25, 0.3) is 0 Å². The van der Waals surface area contributed by atoms with Crippen LogP contribution in [0.4, 0.5) is 4.39 Å². The molecule has 0 N–H and O–H groups in total. The zero-order valence-corrected chi connectivity index (χ0v) is 13.6. The summed E-state index contributed by atoms with van der Waals surface area (Å²) in [5.41, 5.74) is 4.45. The van der Waals surface area contributed by atoms with E-state index in [2.05, 4.69) is 18.2 Å². The van der Waals surface area contributed by atoms with Gasteiger partial charge in [0, 0.05) is 23.5 Å². The first-order valence-electron chi connectivity index (χ1n) is 8.51. The van der Waals surface area contributed by atoms with Crippen molar-refractivity contribution in [1.82, 2.24) is 0 Å². The molecule has 0 saturated heterocycles. The molecule has 3 aromatic rings. The third-order valence-corrected chi connectivity index (χ3v) is 5.20. The molecule has 0 aliphatic carbocycles. The van der Waals surface area contributed by atoms with Gasteiger partial charge in [0.1, 0.15) is 11.6 Å². The van der Waals surface area contributed by atoms with Crippen molar-refractivity contribution in [2.45, 2.75) is 24.7 Å². The number of para-hydroxylation sites is 1. The van der Waals surface area contributed by atoms with Gasteiger partial charge in [-0.1, -0.05) is 54.6 Å². The first kappa shape index (κ1) is 14.7. The van der Waals surface area contributed by atoms with E-state index in [0.717, 1.165) is 22.4 Å². The molecule has 0 saturated carbocycles. The SMILES string of the molecule is Fc1ccc([C@@H]2C[C@@]3(OCc4ccccc43)Oc3ccccc32)cc1. The van der Waals surface area contributed by atoms with Crippen LogP contribution < -0.4 is 4.74 Å². The average Bonchev–Trinajstić information content (AvgIpc) is 3.00. The summed E-state index contributed by atoms with van der Waals surface area (Å²) in [5, 5.41) is 0. The molecule has 0 bridgehead atoms. The second kappa shape index (κ2) is 5.43. The number of fused-ring (bicyclic) bond motifs is 3. The Kier molecular flexibility index (Phi) is 3.19. The van der Waals surface area contributed by atoms with E-state index in [0.29, 0.717) is 13.0 Å². The Hall–Kier alpha value is -2.65. The van der Waals surface area contributed by atoms with E-state index >= 15 is 0 Å². The zero-order valence-electron chi connectivity index (χ0n) is 13.6. The molecule has 0 aromatic heterocycles. The van der Waals surface area contributed by atoms with Crippen LogP contribution in [-0.2, 0) is 17.1 Å². The lowest BCUT2D eigenvalue weighted by Gasteiger charge is -2.39. The van der Waals surface area contributed by atoms with Gasteiger partial charge in [0.05, 0.1) is 6.61 Å². The molecule has 3 heteroatoms. The number of ether oxygens (including phenoxy) is 2. The molecule has 25 heavy (non-hydrogen) atoms. The van der Waals surface area contributed by atoms with Crippen molar-refractivity contribution in [3.05, 3.63) is 101 Å². The smallest absolute Gasteiger partial charge is 0.238 e. The molecule has 0 unspecified atom stereocenters. The molecule has 2 aliphatic heterocycles. The molecular formula is C22H17FO2. The van der Waals surface area contributed by atoms with E-state index in [-0.39, 0.29) is 11.7 Å². The number of halogens is 1. The first-order valence-corrected chi connectivity index (χ1v) is 8.51. The van der Waals surface area contributed by atoms with Crippen LogP contribution in [-0.4, -0.2) is 0 Å². The quantitative estimate of drug-likeness (QED) is 0.615. The Balaban J connectivity index is 1.66. The van der Waals surface area contributed by atoms with Crippen molar-refractivity contribution in [1.29, 1.82) is 0 Å². The van der Waals surface area contributed by atoms with Gasteiger partial charge in [0.2, 0.25) is 5.79 Å². The van der Waals surface area contributed by atoms with Crippen LogP contribution in [0.5, 0.6) is 5.75 Å². The zero-order chi connectivity index (χ0) is 16.9. The minimum Gasteiger partial charge on any atom is -0.458 e. The van der Waals surface area contributed by atoms with Gasteiger partial charge in [0.25, 0.3) is 0 Å². The van der Waals surface area contributed by atoms with Crippen molar-refractivity contribution in [3.63, 3.8) is 0 Å². The minimum atomic E-state index is -0.774. The lowest BCUT2D eigenvalue weighted by atomic mass is 9.81. The summed E-state index contributed by atoms with van der Waals surface area (Å²) >= 11 is 0. The largest absolute Gasteiger partial charge is 0.458 e. The fourth-order valence-corrected chi connectivity index (χ4v) is 3.99. The lowest BCUT2D eigenvalue weighted by molar-refractivity contribution is -0.195. The molecule has 3 aromatic carbocycles. The highest BCUT2D eigenvalue weighted by Gasteiger charge is 2.48. The van der Waals surface area contributed by atoms with Crippen molar-refractivity contribution in [2.24, 2.45) is 0 Å². The normalized spacial score (nSPS) is 23.8. The van der Waals surface area contributed by atoms with E-state index in [1.807, 2.05) is 42.5 Å². The van der Waals surface area contributed by atoms with Gasteiger partial charge in [-0.15, -0.1) is 0 Å². The summed E-state index contributed by atoms with van der Waals surface area (Å²) in [6.45, 7) is 0.550. The van der Waals surface area contributed by atoms with Crippen LogP contribution in [0, 0.1) is 5.82 Å². The van der Waals surface area contributed by atoms with Gasteiger partial charge in [-0.3, -0.25) is 0 Å². The molecule has 2 atom stereocenters. The highest BCUT2D eigenvalue weighted by Crippen LogP contribution is 2.52. The summed E-state index contributed by atoms with van der Waals surface area (Å²) in [5.74, 6) is -0.0676. The number of rotatable bonds is 1. The number of hydrogen-bond donors (Lipinski definition) is 0. The van der Waals surface area contributed by atoms with Gasteiger partial charge in [-0.05, 0) is 29.3 Å². The maximum absolute atomic E-state index is 13.4. The Labute approximate surface area is 145 Å². The van der Waals surface area contributed by atoms with Gasteiger partial charge in [-0.25, -0.2) is 4.39 Å². The van der Waals surface area contributed by atoms with Gasteiger partial charge < -0.3 is 9.47 Å². The Morgan fingerprint density at radius 2 is 1.64 bits per heavy atom. The van der Waals surface area contributed by atoms with E-state index in [9.17, 15) is 4.39 Å². The molecule has 2 nitrogen and oxygen atoms in total. The lowest BCUT2D eigenvalue weighted by Crippen LogP contribution is -2.38. The van der Waals surface area contributed by atoms with Gasteiger partial charge in [0.15, 0.2) is 0 Å². The summed E-state index contributed by atoms with van der Waals surface area (Å²) in [4.78, 5) is 0. The number of hydrogen-bond acceptors (Lipinski definition) is 2. The third-order valence-electron chi connectivity index (χ3n) is 5.20. The average molecular weight is 332 g/mol. The molecule has 0 amide bonds. The second-order valence-electron chi connectivity index (χ2n) is 6.65. The summed E-state index contributed by atoms with van der Waals surface area (Å²) < 4.78 is 26.0. The molecule has 5 rings (SSSR count). The molecular weight excluding hydrogens is 315 g/mol. The highest BCUT2D eigenvalue weighted by molar-refractivity contribution is 5.47. The van der Waals surface area contributed by atoms with Crippen LogP contribution in [0.3, 0.4) is 0 Å². The van der Waals surface area contributed by atoms with Crippen LogP contribution >= 0.6 is 0 Å². The highest BCUT2D eigenvalue weighted by atomic mass is 19.1.